The number of nitrogens with two attached hydrogens (primary N) is 1. The number of hydrogen-bond acceptors (Lipinski definition) is 2. The largest absolute Gasteiger partial charge is 0.418 e. The molecule has 1 rings (SSSR count). The summed E-state index contributed by atoms with van der Waals surface area (Å²) in [6.45, 7) is 0. The highest BCUT2D eigenvalue weighted by Gasteiger charge is 2.33. The first kappa shape index (κ1) is 11.4. The molecule has 0 aliphatic carbocycles. The summed E-state index contributed by atoms with van der Waals surface area (Å²) < 4.78 is 37.5. The van der Waals surface area contributed by atoms with E-state index in [2.05, 4.69) is 5.32 Å². The lowest BCUT2D eigenvalue weighted by Gasteiger charge is -2.13. The van der Waals surface area contributed by atoms with Gasteiger partial charge in [0.2, 0.25) is 5.91 Å². The molecule has 0 aliphatic rings. The molecule has 6 heteroatoms. The minimum absolute atomic E-state index is 0.0903. The third-order valence-corrected chi connectivity index (χ3v) is 1.88. The number of nitrogens with one attached hydrogen (secondary N) is 1. The van der Waals surface area contributed by atoms with Crippen LogP contribution in [0.5, 0.6) is 0 Å². The van der Waals surface area contributed by atoms with Crippen LogP contribution in [-0.4, -0.2) is 13.0 Å². The van der Waals surface area contributed by atoms with E-state index in [0.717, 1.165) is 6.07 Å². The van der Waals surface area contributed by atoms with E-state index < -0.39 is 17.6 Å². The van der Waals surface area contributed by atoms with Gasteiger partial charge in [-0.05, 0) is 18.2 Å². The first-order chi connectivity index (χ1) is 6.86. The zero-order valence-corrected chi connectivity index (χ0v) is 7.85. The van der Waals surface area contributed by atoms with Crippen LogP contribution in [0.15, 0.2) is 18.2 Å². The number of alkyl halides is 3. The number of anilines is 1. The monoisotopic (exact) mass is 218 g/mol. The van der Waals surface area contributed by atoms with Gasteiger partial charge in [-0.25, -0.2) is 0 Å². The van der Waals surface area contributed by atoms with Gasteiger partial charge in [0.25, 0.3) is 0 Å². The topological polar surface area (TPSA) is 55.1 Å². The summed E-state index contributed by atoms with van der Waals surface area (Å²) in [5.74, 6) is -0.886. The van der Waals surface area contributed by atoms with Crippen molar-refractivity contribution in [2.24, 2.45) is 5.73 Å². The van der Waals surface area contributed by atoms with Gasteiger partial charge in [0.05, 0.1) is 5.56 Å². The summed E-state index contributed by atoms with van der Waals surface area (Å²) in [6.07, 6.45) is -4.51. The van der Waals surface area contributed by atoms with E-state index >= 15 is 0 Å². The molecule has 0 aromatic heterocycles. The molecular formula is C9H9F3N2O. The van der Waals surface area contributed by atoms with Crippen LogP contribution >= 0.6 is 0 Å². The standard InChI is InChI=1S/C9H9F3N2O/c1-14-7-3-2-5(8(13)15)4-6(7)9(10,11)12/h2-4,14H,1H3,(H2,13,15). The fourth-order valence-corrected chi connectivity index (χ4v) is 1.15. The van der Waals surface area contributed by atoms with Crippen molar-refractivity contribution in [2.75, 3.05) is 12.4 Å². The van der Waals surface area contributed by atoms with Crippen LogP contribution in [0.4, 0.5) is 18.9 Å². The number of primary amides is 1. The molecule has 0 saturated heterocycles. The molecule has 0 bridgehead atoms. The second kappa shape index (κ2) is 3.80. The van der Waals surface area contributed by atoms with Crippen LogP contribution in [0.3, 0.4) is 0 Å². The van der Waals surface area contributed by atoms with Crippen molar-refractivity contribution in [2.45, 2.75) is 6.18 Å². The van der Waals surface area contributed by atoms with Gasteiger partial charge < -0.3 is 11.1 Å². The van der Waals surface area contributed by atoms with Crippen molar-refractivity contribution >= 4 is 11.6 Å². The van der Waals surface area contributed by atoms with Gasteiger partial charge in [-0.2, -0.15) is 13.2 Å². The molecule has 0 fully saturated rings. The second-order valence-electron chi connectivity index (χ2n) is 2.87. The molecule has 0 heterocycles. The molecule has 0 spiro atoms. The fraction of sp³-hybridized carbons (Fsp3) is 0.222. The van der Waals surface area contributed by atoms with Gasteiger partial charge in [-0.3, -0.25) is 4.79 Å². The average Bonchev–Trinajstić information content (AvgIpc) is 2.15. The average molecular weight is 218 g/mol. The predicted molar refractivity (Wildman–Crippen MR) is 49.5 cm³/mol. The number of carbonyl (C=O) groups excluding carboxylic acids is 1. The predicted octanol–water partition coefficient (Wildman–Crippen LogP) is 1.85. The molecule has 0 unspecified atom stereocenters. The van der Waals surface area contributed by atoms with E-state index in [0.29, 0.717) is 0 Å². The minimum atomic E-state index is -4.51. The molecule has 1 aromatic carbocycles. The summed E-state index contributed by atoms with van der Waals surface area (Å²) in [5.41, 5.74) is 3.73. The normalized spacial score (nSPS) is 11.2. The number of benzene rings is 1. The van der Waals surface area contributed by atoms with Crippen LogP contribution in [0.2, 0.25) is 0 Å². The van der Waals surface area contributed by atoms with E-state index in [9.17, 15) is 18.0 Å². The van der Waals surface area contributed by atoms with E-state index in [4.69, 9.17) is 5.73 Å². The molecule has 3 nitrogen and oxygen atoms in total. The molecule has 0 atom stereocenters. The fourth-order valence-electron chi connectivity index (χ4n) is 1.15. The maximum atomic E-state index is 12.5. The maximum Gasteiger partial charge on any atom is 0.418 e. The smallest absolute Gasteiger partial charge is 0.388 e. The lowest BCUT2D eigenvalue weighted by molar-refractivity contribution is -0.136. The van der Waals surface area contributed by atoms with E-state index in [1.54, 1.807) is 0 Å². The number of carbonyl (C=O) groups is 1. The molecule has 0 saturated carbocycles. The van der Waals surface area contributed by atoms with Gasteiger partial charge in [0.15, 0.2) is 0 Å². The molecule has 0 aliphatic heterocycles. The van der Waals surface area contributed by atoms with Gasteiger partial charge >= 0.3 is 6.18 Å². The molecule has 1 amide bonds. The maximum absolute atomic E-state index is 12.5. The Morgan fingerprint density at radius 2 is 2.00 bits per heavy atom. The molecule has 1 aromatic rings. The number of rotatable bonds is 2. The highest BCUT2D eigenvalue weighted by atomic mass is 19.4. The molecule has 15 heavy (non-hydrogen) atoms. The molecule has 0 radical (unpaired) electrons. The second-order valence-corrected chi connectivity index (χ2v) is 2.87. The Morgan fingerprint density at radius 3 is 2.40 bits per heavy atom. The lowest BCUT2D eigenvalue weighted by Crippen LogP contribution is -2.15. The Morgan fingerprint density at radius 1 is 1.40 bits per heavy atom. The van der Waals surface area contributed by atoms with Crippen molar-refractivity contribution in [3.05, 3.63) is 29.3 Å². The summed E-state index contributed by atoms with van der Waals surface area (Å²) in [6, 6.07) is 3.14. The number of amides is 1. The van der Waals surface area contributed by atoms with E-state index in [1.807, 2.05) is 0 Å². The summed E-state index contributed by atoms with van der Waals surface area (Å²) in [4.78, 5) is 10.7. The zero-order valence-electron chi connectivity index (χ0n) is 7.85. The highest BCUT2D eigenvalue weighted by Crippen LogP contribution is 2.35. The van der Waals surface area contributed by atoms with E-state index in [1.165, 1.54) is 19.2 Å². The van der Waals surface area contributed by atoms with Gasteiger partial charge in [-0.15, -0.1) is 0 Å². The first-order valence-corrected chi connectivity index (χ1v) is 4.05. The molecule has 82 valence electrons. The summed E-state index contributed by atoms with van der Waals surface area (Å²) >= 11 is 0. The Balaban J connectivity index is 3.32. The first-order valence-electron chi connectivity index (χ1n) is 4.05. The SMILES string of the molecule is CNc1ccc(C(N)=O)cc1C(F)(F)F. The van der Waals surface area contributed by atoms with Crippen LogP contribution in [0, 0.1) is 0 Å². The van der Waals surface area contributed by atoms with Crippen LogP contribution < -0.4 is 11.1 Å². The van der Waals surface area contributed by atoms with E-state index in [-0.39, 0.29) is 11.3 Å². The third kappa shape index (κ3) is 2.39. The van der Waals surface area contributed by atoms with Crippen molar-refractivity contribution in [1.82, 2.24) is 0 Å². The van der Waals surface area contributed by atoms with Gasteiger partial charge in [0, 0.05) is 18.3 Å². The van der Waals surface area contributed by atoms with Gasteiger partial charge in [-0.1, -0.05) is 0 Å². The summed E-state index contributed by atoms with van der Waals surface area (Å²) in [5, 5.41) is 2.40. The Bertz CT molecular complexity index is 387. The Hall–Kier alpha value is -1.72. The lowest BCUT2D eigenvalue weighted by atomic mass is 10.1. The number of hydrogen-bond donors (Lipinski definition) is 2. The van der Waals surface area contributed by atoms with Crippen molar-refractivity contribution < 1.29 is 18.0 Å². The van der Waals surface area contributed by atoms with Gasteiger partial charge in [0.1, 0.15) is 0 Å². The highest BCUT2D eigenvalue weighted by molar-refractivity contribution is 5.93. The number of halogens is 3. The zero-order chi connectivity index (χ0) is 11.6. The van der Waals surface area contributed by atoms with Crippen molar-refractivity contribution in [1.29, 1.82) is 0 Å². The Labute approximate surface area is 84.1 Å². The molecule has 3 N–H and O–H groups in total. The van der Waals surface area contributed by atoms with Crippen molar-refractivity contribution in [3.8, 4) is 0 Å². The van der Waals surface area contributed by atoms with Crippen LogP contribution in [0.25, 0.3) is 0 Å². The summed E-state index contributed by atoms with van der Waals surface area (Å²) in [7, 11) is 1.37. The van der Waals surface area contributed by atoms with Crippen molar-refractivity contribution in [3.63, 3.8) is 0 Å². The van der Waals surface area contributed by atoms with Crippen LogP contribution in [-0.2, 0) is 6.18 Å². The quantitative estimate of drug-likeness (QED) is 0.795. The van der Waals surface area contributed by atoms with Crippen LogP contribution in [0.1, 0.15) is 15.9 Å². The molecular weight excluding hydrogens is 209 g/mol. The minimum Gasteiger partial charge on any atom is -0.388 e. The Kier molecular flexibility index (Phi) is 2.88. The third-order valence-electron chi connectivity index (χ3n) is 1.88.